The Labute approximate surface area is 55.3 Å². The molecular formula is C5H14N2O2. The van der Waals surface area contributed by atoms with E-state index in [1.807, 2.05) is 0 Å². The van der Waals surface area contributed by atoms with Crippen molar-refractivity contribution in [1.82, 2.24) is 5.43 Å². The highest BCUT2D eigenvalue weighted by atomic mass is 16.5. The number of nitrogens with one attached hydrogen (secondary N) is 1. The Morgan fingerprint density at radius 2 is 1.78 bits per heavy atom. The summed E-state index contributed by atoms with van der Waals surface area (Å²) in [6, 6.07) is 0.0972. The molecule has 4 nitrogen and oxygen atoms in total. The second-order valence-electron chi connectivity index (χ2n) is 1.77. The van der Waals surface area contributed by atoms with E-state index < -0.39 is 0 Å². The third-order valence-electron chi connectivity index (χ3n) is 0.971. The maximum Gasteiger partial charge on any atom is 0.0677 e. The van der Waals surface area contributed by atoms with Crippen molar-refractivity contribution in [3.8, 4) is 0 Å². The Kier molecular flexibility index (Phi) is 5.86. The Balaban J connectivity index is 3.18. The van der Waals surface area contributed by atoms with Gasteiger partial charge in [0.15, 0.2) is 0 Å². The minimum absolute atomic E-state index is 0.0972. The molecule has 0 fully saturated rings. The van der Waals surface area contributed by atoms with Gasteiger partial charge in [0.05, 0.1) is 19.3 Å². The van der Waals surface area contributed by atoms with Crippen LogP contribution in [0.1, 0.15) is 0 Å². The van der Waals surface area contributed by atoms with Crippen molar-refractivity contribution in [3.05, 3.63) is 0 Å². The molecule has 0 unspecified atom stereocenters. The van der Waals surface area contributed by atoms with Gasteiger partial charge < -0.3 is 9.47 Å². The van der Waals surface area contributed by atoms with Gasteiger partial charge in [0.2, 0.25) is 0 Å². The first-order chi connectivity index (χ1) is 4.35. The molecule has 0 aromatic heterocycles. The van der Waals surface area contributed by atoms with Gasteiger partial charge in [0.25, 0.3) is 0 Å². The zero-order chi connectivity index (χ0) is 7.11. The van der Waals surface area contributed by atoms with Gasteiger partial charge in [-0.15, -0.1) is 0 Å². The molecule has 56 valence electrons. The number of rotatable bonds is 5. The minimum Gasteiger partial charge on any atom is -0.383 e. The Morgan fingerprint density at radius 3 is 2.00 bits per heavy atom. The van der Waals surface area contributed by atoms with Gasteiger partial charge >= 0.3 is 0 Å². The van der Waals surface area contributed by atoms with Crippen molar-refractivity contribution in [2.75, 3.05) is 27.4 Å². The van der Waals surface area contributed by atoms with Crippen LogP contribution >= 0.6 is 0 Å². The van der Waals surface area contributed by atoms with Crippen molar-refractivity contribution in [2.45, 2.75) is 6.04 Å². The molecule has 0 heterocycles. The van der Waals surface area contributed by atoms with E-state index in [0.29, 0.717) is 13.2 Å². The summed E-state index contributed by atoms with van der Waals surface area (Å²) < 4.78 is 9.65. The van der Waals surface area contributed by atoms with Crippen molar-refractivity contribution in [3.63, 3.8) is 0 Å². The lowest BCUT2D eigenvalue weighted by molar-refractivity contribution is 0.104. The molecule has 0 amide bonds. The second kappa shape index (κ2) is 5.97. The average Bonchev–Trinajstić information content (AvgIpc) is 1.88. The topological polar surface area (TPSA) is 56.5 Å². The lowest BCUT2D eigenvalue weighted by Gasteiger charge is -2.12. The molecule has 4 heteroatoms. The number of ether oxygens (including phenoxy) is 2. The molecule has 0 aliphatic carbocycles. The monoisotopic (exact) mass is 134 g/mol. The van der Waals surface area contributed by atoms with E-state index in [1.165, 1.54) is 0 Å². The highest BCUT2D eigenvalue weighted by molar-refractivity contribution is 4.58. The lowest BCUT2D eigenvalue weighted by Crippen LogP contribution is -2.41. The summed E-state index contributed by atoms with van der Waals surface area (Å²) in [5.74, 6) is 5.13. The quantitative estimate of drug-likeness (QED) is 0.378. The van der Waals surface area contributed by atoms with Gasteiger partial charge in [-0.05, 0) is 0 Å². The standard InChI is InChI=1S/C5H14N2O2/c1-8-3-5(7-6)4-9-2/h5,7H,3-4,6H2,1-2H3. The van der Waals surface area contributed by atoms with Crippen LogP contribution in [0, 0.1) is 0 Å². The lowest BCUT2D eigenvalue weighted by atomic mass is 10.4. The predicted octanol–water partition coefficient (Wildman–Crippen LogP) is -0.889. The van der Waals surface area contributed by atoms with Crippen molar-refractivity contribution in [2.24, 2.45) is 5.84 Å². The molecule has 0 aromatic carbocycles. The SMILES string of the molecule is COCC(COC)NN. The van der Waals surface area contributed by atoms with Gasteiger partial charge in [-0.2, -0.15) is 0 Å². The molecule has 0 rings (SSSR count). The van der Waals surface area contributed by atoms with Crippen molar-refractivity contribution in [1.29, 1.82) is 0 Å². The van der Waals surface area contributed by atoms with E-state index in [-0.39, 0.29) is 6.04 Å². The fourth-order valence-corrected chi connectivity index (χ4v) is 0.547. The van der Waals surface area contributed by atoms with Crippen LogP contribution in [-0.2, 0) is 9.47 Å². The number of nitrogens with two attached hydrogens (primary N) is 1. The summed E-state index contributed by atoms with van der Waals surface area (Å²) in [5.41, 5.74) is 2.55. The summed E-state index contributed by atoms with van der Waals surface area (Å²) in [6.07, 6.45) is 0. The average molecular weight is 134 g/mol. The molecular weight excluding hydrogens is 120 g/mol. The Bertz CT molecular complexity index is 54.9. The number of hydrogen-bond acceptors (Lipinski definition) is 4. The van der Waals surface area contributed by atoms with E-state index in [9.17, 15) is 0 Å². The fourth-order valence-electron chi connectivity index (χ4n) is 0.547. The van der Waals surface area contributed by atoms with Gasteiger partial charge in [0, 0.05) is 14.2 Å². The smallest absolute Gasteiger partial charge is 0.0677 e. The largest absolute Gasteiger partial charge is 0.383 e. The van der Waals surface area contributed by atoms with E-state index >= 15 is 0 Å². The molecule has 9 heavy (non-hydrogen) atoms. The molecule has 0 saturated carbocycles. The highest BCUT2D eigenvalue weighted by Gasteiger charge is 2.02. The maximum atomic E-state index is 5.13. The van der Waals surface area contributed by atoms with Crippen LogP contribution in [0.3, 0.4) is 0 Å². The van der Waals surface area contributed by atoms with Crippen molar-refractivity contribution >= 4 is 0 Å². The summed E-state index contributed by atoms with van der Waals surface area (Å²) in [6.45, 7) is 1.15. The van der Waals surface area contributed by atoms with E-state index in [1.54, 1.807) is 14.2 Å². The number of hydrazine groups is 1. The predicted molar refractivity (Wildman–Crippen MR) is 34.9 cm³/mol. The zero-order valence-electron chi connectivity index (χ0n) is 5.89. The molecule has 0 spiro atoms. The molecule has 0 aliphatic rings. The maximum absolute atomic E-state index is 5.13. The van der Waals surface area contributed by atoms with Crippen LogP contribution in [0.15, 0.2) is 0 Å². The van der Waals surface area contributed by atoms with Gasteiger partial charge in [0.1, 0.15) is 0 Å². The van der Waals surface area contributed by atoms with E-state index in [4.69, 9.17) is 15.3 Å². The summed E-state index contributed by atoms with van der Waals surface area (Å²) in [4.78, 5) is 0. The van der Waals surface area contributed by atoms with Crippen LogP contribution in [0.4, 0.5) is 0 Å². The first-order valence-corrected chi connectivity index (χ1v) is 2.79. The highest BCUT2D eigenvalue weighted by Crippen LogP contribution is 1.81. The molecule has 0 atom stereocenters. The number of hydrogen-bond donors (Lipinski definition) is 2. The summed E-state index contributed by atoms with van der Waals surface area (Å²) in [5, 5.41) is 0. The Morgan fingerprint density at radius 1 is 1.33 bits per heavy atom. The number of methoxy groups -OCH3 is 2. The van der Waals surface area contributed by atoms with Crippen LogP contribution in [0.5, 0.6) is 0 Å². The molecule has 0 radical (unpaired) electrons. The molecule has 0 aliphatic heterocycles. The fraction of sp³-hybridized carbons (Fsp3) is 1.00. The summed E-state index contributed by atoms with van der Waals surface area (Å²) >= 11 is 0. The molecule has 3 N–H and O–H groups in total. The van der Waals surface area contributed by atoms with Crippen LogP contribution in [0.25, 0.3) is 0 Å². The van der Waals surface area contributed by atoms with E-state index in [2.05, 4.69) is 5.43 Å². The van der Waals surface area contributed by atoms with Crippen LogP contribution in [-0.4, -0.2) is 33.5 Å². The zero-order valence-corrected chi connectivity index (χ0v) is 5.89. The van der Waals surface area contributed by atoms with Gasteiger partial charge in [-0.1, -0.05) is 0 Å². The van der Waals surface area contributed by atoms with E-state index in [0.717, 1.165) is 0 Å². The first kappa shape index (κ1) is 8.84. The molecule has 0 aromatic rings. The van der Waals surface area contributed by atoms with Crippen LogP contribution < -0.4 is 11.3 Å². The summed E-state index contributed by atoms with van der Waals surface area (Å²) in [7, 11) is 3.25. The molecule has 0 bridgehead atoms. The van der Waals surface area contributed by atoms with Crippen molar-refractivity contribution < 1.29 is 9.47 Å². The minimum atomic E-state index is 0.0972. The first-order valence-electron chi connectivity index (χ1n) is 2.79. The molecule has 0 saturated heterocycles. The normalized spacial score (nSPS) is 10.7. The third-order valence-corrected chi connectivity index (χ3v) is 0.971. The Hall–Kier alpha value is -0.160. The second-order valence-corrected chi connectivity index (χ2v) is 1.77. The third kappa shape index (κ3) is 4.35. The van der Waals surface area contributed by atoms with Crippen LogP contribution in [0.2, 0.25) is 0 Å². The van der Waals surface area contributed by atoms with Gasteiger partial charge in [-0.3, -0.25) is 11.3 Å². The van der Waals surface area contributed by atoms with Gasteiger partial charge in [-0.25, -0.2) is 0 Å².